The molecule has 1 N–H and O–H groups in total. The normalized spacial score (nSPS) is 13.4. The molecule has 0 fully saturated rings. The Balaban J connectivity index is 1.72. The van der Waals surface area contributed by atoms with Crippen molar-refractivity contribution in [1.29, 1.82) is 0 Å². The van der Waals surface area contributed by atoms with Crippen LogP contribution in [0, 0.1) is 11.6 Å². The van der Waals surface area contributed by atoms with Crippen LogP contribution in [-0.4, -0.2) is 57.0 Å². The van der Waals surface area contributed by atoms with E-state index in [4.69, 9.17) is 9.47 Å². The minimum absolute atomic E-state index is 0.0376. The third-order valence-corrected chi connectivity index (χ3v) is 8.13. The molecule has 0 unspecified atom stereocenters. The first-order chi connectivity index (χ1) is 19.5. The zero-order chi connectivity index (χ0) is 29.7. The molecule has 41 heavy (non-hydrogen) atoms. The van der Waals surface area contributed by atoms with Crippen molar-refractivity contribution in [2.24, 2.45) is 0 Å². The summed E-state index contributed by atoms with van der Waals surface area (Å²) in [4.78, 5) is 27.8. The molecular weight excluding hydrogens is 556 g/mol. The van der Waals surface area contributed by atoms with E-state index in [9.17, 15) is 26.8 Å². The van der Waals surface area contributed by atoms with Gasteiger partial charge in [-0.25, -0.2) is 17.2 Å². The lowest BCUT2D eigenvalue weighted by atomic mass is 10.1. The maximum absolute atomic E-state index is 14.0. The first-order valence-electron chi connectivity index (χ1n) is 13.0. The van der Waals surface area contributed by atoms with Crippen molar-refractivity contribution in [3.63, 3.8) is 0 Å². The van der Waals surface area contributed by atoms with Crippen LogP contribution in [0.3, 0.4) is 0 Å². The Labute approximate surface area is 237 Å². The van der Waals surface area contributed by atoms with Gasteiger partial charge in [-0.2, -0.15) is 0 Å². The summed E-state index contributed by atoms with van der Waals surface area (Å²) >= 11 is 0. The lowest BCUT2D eigenvalue weighted by Crippen LogP contribution is -2.52. The molecule has 0 bridgehead atoms. The summed E-state index contributed by atoms with van der Waals surface area (Å²) in [6, 6.07) is 13.0. The van der Waals surface area contributed by atoms with E-state index in [1.165, 1.54) is 66.4 Å². The molecule has 3 aromatic rings. The molecule has 218 valence electrons. The number of anilines is 1. The largest absolute Gasteiger partial charge is 0.486 e. The van der Waals surface area contributed by atoms with Gasteiger partial charge in [0.1, 0.15) is 37.4 Å². The smallest absolute Gasteiger partial charge is 0.264 e. The van der Waals surface area contributed by atoms with Crippen molar-refractivity contribution >= 4 is 27.5 Å². The van der Waals surface area contributed by atoms with Crippen LogP contribution in [0.25, 0.3) is 0 Å². The van der Waals surface area contributed by atoms with Crippen molar-refractivity contribution in [1.82, 2.24) is 10.2 Å². The monoisotopic (exact) mass is 587 g/mol. The van der Waals surface area contributed by atoms with Gasteiger partial charge in [-0.05, 0) is 74.9 Å². The third kappa shape index (κ3) is 7.12. The fourth-order valence-corrected chi connectivity index (χ4v) is 5.65. The van der Waals surface area contributed by atoms with E-state index in [2.05, 4.69) is 5.32 Å². The van der Waals surface area contributed by atoms with Gasteiger partial charge in [0.2, 0.25) is 11.8 Å². The van der Waals surface area contributed by atoms with E-state index in [0.717, 1.165) is 16.4 Å². The first-order valence-corrected chi connectivity index (χ1v) is 14.4. The van der Waals surface area contributed by atoms with E-state index in [1.54, 1.807) is 13.8 Å². The molecule has 2 amide bonds. The Morgan fingerprint density at radius 3 is 2.07 bits per heavy atom. The highest BCUT2D eigenvalue weighted by Gasteiger charge is 2.33. The highest BCUT2D eigenvalue weighted by atomic mass is 32.2. The highest BCUT2D eigenvalue weighted by molar-refractivity contribution is 7.92. The summed E-state index contributed by atoms with van der Waals surface area (Å²) in [5.74, 6) is -1.58. The second-order valence-corrected chi connectivity index (χ2v) is 11.6. The van der Waals surface area contributed by atoms with Crippen LogP contribution < -0.4 is 19.1 Å². The topological polar surface area (TPSA) is 105 Å². The molecule has 1 atom stereocenters. The van der Waals surface area contributed by atoms with Crippen LogP contribution in [0.1, 0.15) is 26.3 Å². The van der Waals surface area contributed by atoms with Crippen molar-refractivity contribution in [3.05, 3.63) is 83.9 Å². The van der Waals surface area contributed by atoms with Gasteiger partial charge in [0.25, 0.3) is 10.0 Å². The van der Waals surface area contributed by atoms with E-state index >= 15 is 0 Å². The van der Waals surface area contributed by atoms with Crippen LogP contribution in [0.4, 0.5) is 14.5 Å². The lowest BCUT2D eigenvalue weighted by molar-refractivity contribution is -0.139. The van der Waals surface area contributed by atoms with E-state index < -0.39 is 46.1 Å². The molecule has 0 radical (unpaired) electrons. The third-order valence-electron chi connectivity index (χ3n) is 6.36. The highest BCUT2D eigenvalue weighted by Crippen LogP contribution is 2.34. The zero-order valence-corrected chi connectivity index (χ0v) is 23.7. The fraction of sp³-hybridized carbons (Fsp3) is 0.310. The second-order valence-electron chi connectivity index (χ2n) is 9.78. The number of carbonyl (C=O) groups excluding carboxylic acids is 2. The number of amides is 2. The number of sulfonamides is 1. The summed E-state index contributed by atoms with van der Waals surface area (Å²) < 4.78 is 67.1. The summed E-state index contributed by atoms with van der Waals surface area (Å²) in [5, 5.41) is 2.76. The number of hydrogen-bond acceptors (Lipinski definition) is 6. The lowest BCUT2D eigenvalue weighted by Gasteiger charge is -2.32. The molecular formula is C29H31F2N3O6S. The Morgan fingerprint density at radius 2 is 1.46 bits per heavy atom. The molecule has 1 aliphatic rings. The van der Waals surface area contributed by atoms with Crippen molar-refractivity contribution < 1.29 is 36.3 Å². The van der Waals surface area contributed by atoms with Gasteiger partial charge in [-0.15, -0.1) is 0 Å². The van der Waals surface area contributed by atoms with E-state index in [0.29, 0.717) is 17.9 Å². The van der Waals surface area contributed by atoms with Crippen molar-refractivity contribution in [3.8, 4) is 11.5 Å². The standard InChI is InChI=1S/C29H31F2N3O6S/c1-19(2)32-29(36)20(3)33(17-21-4-6-22(30)7-5-21)28(35)18-34(24-10-8-23(31)9-11-24)41(37,38)25-12-13-26-27(16-25)40-15-14-39-26/h4-13,16,19-20H,14-15,17-18H2,1-3H3,(H,32,36)/t20-/m0/s1. The molecule has 12 heteroatoms. The molecule has 0 spiro atoms. The van der Waals surface area contributed by atoms with Crippen molar-refractivity contribution in [2.75, 3.05) is 24.1 Å². The number of carbonyl (C=O) groups is 2. The van der Waals surface area contributed by atoms with E-state index in [-0.39, 0.29) is 35.5 Å². The number of fused-ring (bicyclic) bond motifs is 1. The number of nitrogens with one attached hydrogen (secondary N) is 1. The maximum atomic E-state index is 14.0. The fourth-order valence-electron chi connectivity index (χ4n) is 4.22. The van der Waals surface area contributed by atoms with Gasteiger partial charge in [0.05, 0.1) is 10.6 Å². The molecule has 3 aromatic carbocycles. The van der Waals surface area contributed by atoms with E-state index in [1.807, 2.05) is 0 Å². The zero-order valence-electron chi connectivity index (χ0n) is 22.8. The minimum Gasteiger partial charge on any atom is -0.486 e. The maximum Gasteiger partial charge on any atom is 0.264 e. The Morgan fingerprint density at radius 1 is 0.878 bits per heavy atom. The van der Waals surface area contributed by atoms with Crippen LogP contribution in [0.15, 0.2) is 71.6 Å². The van der Waals surface area contributed by atoms with Crippen molar-refractivity contribution in [2.45, 2.75) is 44.3 Å². The van der Waals surface area contributed by atoms with Crippen LogP contribution >= 0.6 is 0 Å². The van der Waals surface area contributed by atoms with Gasteiger partial charge >= 0.3 is 0 Å². The van der Waals surface area contributed by atoms with Crippen LogP contribution in [-0.2, 0) is 26.2 Å². The van der Waals surface area contributed by atoms with Gasteiger partial charge in [-0.1, -0.05) is 12.1 Å². The first kappa shape index (κ1) is 29.8. The van der Waals surface area contributed by atoms with Gasteiger partial charge in [-0.3, -0.25) is 13.9 Å². The van der Waals surface area contributed by atoms with Gasteiger partial charge in [0, 0.05) is 18.7 Å². The van der Waals surface area contributed by atoms with Crippen LogP contribution in [0.2, 0.25) is 0 Å². The predicted octanol–water partition coefficient (Wildman–Crippen LogP) is 3.87. The molecule has 0 aromatic heterocycles. The molecule has 0 saturated heterocycles. The number of halogens is 2. The molecule has 9 nitrogen and oxygen atoms in total. The minimum atomic E-state index is -4.39. The Kier molecular flexibility index (Phi) is 9.11. The SMILES string of the molecule is CC(C)NC(=O)[C@H](C)N(Cc1ccc(F)cc1)C(=O)CN(c1ccc(F)cc1)S(=O)(=O)c1ccc2c(c1)OCCO2. The van der Waals surface area contributed by atoms with Gasteiger partial charge < -0.3 is 19.7 Å². The average molecular weight is 588 g/mol. The summed E-state index contributed by atoms with van der Waals surface area (Å²) in [6.45, 7) is 4.83. The number of rotatable bonds is 10. The summed E-state index contributed by atoms with van der Waals surface area (Å²) in [6.07, 6.45) is 0. The summed E-state index contributed by atoms with van der Waals surface area (Å²) in [7, 11) is -4.39. The molecule has 0 saturated carbocycles. The number of benzene rings is 3. The molecule has 4 rings (SSSR count). The van der Waals surface area contributed by atoms with Gasteiger partial charge in [0.15, 0.2) is 11.5 Å². The Bertz CT molecular complexity index is 1500. The predicted molar refractivity (Wildman–Crippen MR) is 148 cm³/mol. The number of hydrogen-bond donors (Lipinski definition) is 1. The summed E-state index contributed by atoms with van der Waals surface area (Å²) in [5.41, 5.74) is 0.572. The number of ether oxygens (including phenoxy) is 2. The second kappa shape index (κ2) is 12.5. The van der Waals surface area contributed by atoms with Crippen LogP contribution in [0.5, 0.6) is 11.5 Å². The molecule has 0 aliphatic carbocycles. The Hall–Kier alpha value is -4.19. The average Bonchev–Trinajstić information content (AvgIpc) is 2.95. The quantitative estimate of drug-likeness (QED) is 0.386. The molecule has 1 aliphatic heterocycles. The molecule has 1 heterocycles. The number of nitrogens with zero attached hydrogens (tertiary/aromatic N) is 2.